The van der Waals surface area contributed by atoms with Crippen molar-refractivity contribution in [2.75, 3.05) is 5.73 Å². The van der Waals surface area contributed by atoms with Crippen LogP contribution in [0.2, 0.25) is 0 Å². The molecule has 2 rings (SSSR count). The van der Waals surface area contributed by atoms with E-state index in [9.17, 15) is 9.59 Å². The van der Waals surface area contributed by atoms with Gasteiger partial charge in [-0.15, -0.1) is 0 Å². The topological polar surface area (TPSA) is 75.4 Å². The van der Waals surface area contributed by atoms with Gasteiger partial charge in [-0.25, -0.2) is 4.79 Å². The van der Waals surface area contributed by atoms with E-state index >= 15 is 0 Å². The number of hydrogen-bond acceptors (Lipinski definition) is 3. The first-order chi connectivity index (χ1) is 8.61. The predicted molar refractivity (Wildman–Crippen MR) is 68.6 cm³/mol. The fraction of sp³-hybridized carbons (Fsp3) is 0.385. The highest BCUT2D eigenvalue weighted by molar-refractivity contribution is 6.04. The van der Waals surface area contributed by atoms with Gasteiger partial charge in [0.2, 0.25) is 0 Å². The molecule has 1 aromatic rings. The third kappa shape index (κ3) is 2.45. The summed E-state index contributed by atoms with van der Waals surface area (Å²) in [6, 6.07) is 6.49. The van der Waals surface area contributed by atoms with E-state index in [-0.39, 0.29) is 18.0 Å². The highest BCUT2D eigenvalue weighted by atomic mass is 16.2. The lowest BCUT2D eigenvalue weighted by Crippen LogP contribution is -2.30. The lowest BCUT2D eigenvalue weighted by atomic mass is 10.1. The van der Waals surface area contributed by atoms with Gasteiger partial charge in [0.05, 0.1) is 6.54 Å². The van der Waals surface area contributed by atoms with Crippen LogP contribution in [0.15, 0.2) is 24.3 Å². The zero-order valence-corrected chi connectivity index (χ0v) is 10.3. The fourth-order valence-electron chi connectivity index (χ4n) is 2.02. The molecule has 1 heterocycles. The minimum atomic E-state index is -0.365. The molecule has 18 heavy (non-hydrogen) atoms. The second kappa shape index (κ2) is 5.08. The number of anilines is 1. The minimum absolute atomic E-state index is 0.140. The Morgan fingerprint density at radius 2 is 1.94 bits per heavy atom. The summed E-state index contributed by atoms with van der Waals surface area (Å²) >= 11 is 0. The molecule has 3 amide bonds. The van der Waals surface area contributed by atoms with E-state index in [2.05, 4.69) is 5.32 Å². The van der Waals surface area contributed by atoms with Crippen molar-refractivity contribution in [3.8, 4) is 0 Å². The van der Waals surface area contributed by atoms with Gasteiger partial charge in [0, 0.05) is 5.69 Å². The molecule has 0 saturated carbocycles. The molecular formula is C13H17N3O2. The molecule has 0 aliphatic carbocycles. The molecule has 0 bridgehead atoms. The van der Waals surface area contributed by atoms with Crippen LogP contribution in [0.25, 0.3) is 0 Å². The number of urea groups is 1. The molecule has 0 radical (unpaired) electrons. The number of imide groups is 1. The van der Waals surface area contributed by atoms with Gasteiger partial charge in [-0.3, -0.25) is 9.69 Å². The van der Waals surface area contributed by atoms with E-state index in [4.69, 9.17) is 5.73 Å². The van der Waals surface area contributed by atoms with Gasteiger partial charge in [-0.05, 0) is 24.1 Å². The van der Waals surface area contributed by atoms with Crippen molar-refractivity contribution in [1.82, 2.24) is 10.2 Å². The van der Waals surface area contributed by atoms with Crippen molar-refractivity contribution in [2.45, 2.75) is 32.4 Å². The van der Waals surface area contributed by atoms with Crippen LogP contribution in [0.3, 0.4) is 0 Å². The molecule has 1 aliphatic rings. The minimum Gasteiger partial charge on any atom is -0.399 e. The molecule has 1 saturated heterocycles. The van der Waals surface area contributed by atoms with Crippen molar-refractivity contribution in [3.05, 3.63) is 29.8 Å². The average molecular weight is 247 g/mol. The van der Waals surface area contributed by atoms with Crippen molar-refractivity contribution in [3.63, 3.8) is 0 Å². The predicted octanol–water partition coefficient (Wildman–Crippen LogP) is 1.49. The largest absolute Gasteiger partial charge is 0.399 e. The number of nitrogens with one attached hydrogen (secondary N) is 1. The monoisotopic (exact) mass is 247 g/mol. The maximum absolute atomic E-state index is 12.0. The van der Waals surface area contributed by atoms with Crippen LogP contribution in [0.4, 0.5) is 10.5 Å². The molecule has 0 spiro atoms. The molecule has 5 heteroatoms. The highest BCUT2D eigenvalue weighted by Crippen LogP contribution is 2.15. The van der Waals surface area contributed by atoms with Crippen LogP contribution in [0, 0.1) is 0 Å². The zero-order valence-electron chi connectivity index (χ0n) is 10.3. The summed E-state index contributed by atoms with van der Waals surface area (Å²) < 4.78 is 0. The van der Waals surface area contributed by atoms with E-state index in [1.807, 2.05) is 19.1 Å². The Balaban J connectivity index is 2.07. The molecule has 3 N–H and O–H groups in total. The van der Waals surface area contributed by atoms with E-state index in [0.29, 0.717) is 18.7 Å². The van der Waals surface area contributed by atoms with Crippen LogP contribution in [0.5, 0.6) is 0 Å². The quantitative estimate of drug-likeness (QED) is 0.625. The number of nitrogens with two attached hydrogens (primary N) is 1. The SMILES string of the molecule is CCCC1NC(=O)N(Cc2ccc(N)cc2)C1=O. The van der Waals surface area contributed by atoms with Gasteiger partial charge >= 0.3 is 6.03 Å². The van der Waals surface area contributed by atoms with Crippen LogP contribution in [-0.4, -0.2) is 22.9 Å². The number of carbonyl (C=O) groups excluding carboxylic acids is 2. The molecule has 1 aliphatic heterocycles. The lowest BCUT2D eigenvalue weighted by molar-refractivity contribution is -0.128. The molecule has 0 aromatic heterocycles. The Morgan fingerprint density at radius 1 is 1.28 bits per heavy atom. The molecule has 1 atom stereocenters. The molecular weight excluding hydrogens is 230 g/mol. The zero-order chi connectivity index (χ0) is 13.1. The summed E-state index contributed by atoms with van der Waals surface area (Å²) in [5.41, 5.74) is 7.15. The number of rotatable bonds is 4. The van der Waals surface area contributed by atoms with Gasteiger partial charge in [0.25, 0.3) is 5.91 Å². The van der Waals surface area contributed by atoms with Crippen LogP contribution < -0.4 is 11.1 Å². The maximum Gasteiger partial charge on any atom is 0.325 e. The highest BCUT2D eigenvalue weighted by Gasteiger charge is 2.36. The third-order valence-corrected chi connectivity index (χ3v) is 3.00. The van der Waals surface area contributed by atoms with Gasteiger partial charge in [0.15, 0.2) is 0 Å². The number of amides is 3. The molecule has 1 aromatic carbocycles. The Hall–Kier alpha value is -2.04. The van der Waals surface area contributed by atoms with Crippen LogP contribution in [-0.2, 0) is 11.3 Å². The van der Waals surface area contributed by atoms with Gasteiger partial charge in [-0.1, -0.05) is 25.5 Å². The molecule has 1 unspecified atom stereocenters. The summed E-state index contributed by atoms with van der Waals surface area (Å²) in [7, 11) is 0. The summed E-state index contributed by atoms with van der Waals surface area (Å²) in [5, 5.41) is 2.70. The van der Waals surface area contributed by atoms with Crippen molar-refractivity contribution in [1.29, 1.82) is 0 Å². The Kier molecular flexibility index (Phi) is 3.50. The number of carbonyl (C=O) groups is 2. The smallest absolute Gasteiger partial charge is 0.325 e. The van der Waals surface area contributed by atoms with Gasteiger partial charge in [0.1, 0.15) is 6.04 Å². The van der Waals surface area contributed by atoms with E-state index < -0.39 is 0 Å². The second-order valence-corrected chi connectivity index (χ2v) is 4.46. The van der Waals surface area contributed by atoms with Crippen molar-refractivity contribution < 1.29 is 9.59 Å². The first kappa shape index (κ1) is 12.4. The van der Waals surface area contributed by atoms with Crippen LogP contribution >= 0.6 is 0 Å². The average Bonchev–Trinajstić information content (AvgIpc) is 2.60. The lowest BCUT2D eigenvalue weighted by Gasteiger charge is -2.13. The number of nitrogen functional groups attached to an aromatic ring is 1. The number of nitrogens with zero attached hydrogens (tertiary/aromatic N) is 1. The van der Waals surface area contributed by atoms with E-state index in [1.54, 1.807) is 12.1 Å². The standard InChI is InChI=1S/C13H17N3O2/c1-2-3-11-12(17)16(13(18)15-11)8-9-4-6-10(14)7-5-9/h4-7,11H,2-3,8,14H2,1H3,(H,15,18). The Bertz CT molecular complexity index is 456. The van der Waals surface area contributed by atoms with Crippen LogP contribution in [0.1, 0.15) is 25.3 Å². The molecule has 5 nitrogen and oxygen atoms in total. The maximum atomic E-state index is 12.0. The first-order valence-electron chi connectivity index (χ1n) is 6.08. The summed E-state index contributed by atoms with van der Waals surface area (Å²) in [6.45, 7) is 2.28. The summed E-state index contributed by atoms with van der Waals surface area (Å²) in [4.78, 5) is 25.0. The van der Waals surface area contributed by atoms with Gasteiger partial charge in [-0.2, -0.15) is 0 Å². The Morgan fingerprint density at radius 3 is 2.56 bits per heavy atom. The molecule has 96 valence electrons. The first-order valence-corrected chi connectivity index (χ1v) is 6.08. The second-order valence-electron chi connectivity index (χ2n) is 4.46. The summed E-state index contributed by atoms with van der Waals surface area (Å²) in [5.74, 6) is -0.140. The van der Waals surface area contributed by atoms with Crippen molar-refractivity contribution >= 4 is 17.6 Å². The van der Waals surface area contributed by atoms with E-state index in [1.165, 1.54) is 4.90 Å². The van der Waals surface area contributed by atoms with Crippen molar-refractivity contribution in [2.24, 2.45) is 0 Å². The molecule has 1 fully saturated rings. The van der Waals surface area contributed by atoms with E-state index in [0.717, 1.165) is 12.0 Å². The summed E-state index contributed by atoms with van der Waals surface area (Å²) in [6.07, 6.45) is 1.55. The Labute approximate surface area is 106 Å². The van der Waals surface area contributed by atoms with Gasteiger partial charge < -0.3 is 11.1 Å². The number of hydrogen-bond donors (Lipinski definition) is 2. The normalized spacial score (nSPS) is 19.2. The fourth-order valence-corrected chi connectivity index (χ4v) is 2.02. The number of benzene rings is 1. The third-order valence-electron chi connectivity index (χ3n) is 3.00.